The van der Waals surface area contributed by atoms with Gasteiger partial charge < -0.3 is 15.2 Å². The number of carbonyl (C=O) groups excluding carboxylic acids is 1. The first kappa shape index (κ1) is 26.4. The van der Waals surface area contributed by atoms with Crippen molar-refractivity contribution in [2.75, 3.05) is 12.4 Å². The van der Waals surface area contributed by atoms with Crippen molar-refractivity contribution in [3.05, 3.63) is 81.8 Å². The largest absolute Gasteiger partial charge is 0.505 e. The second kappa shape index (κ2) is 10.3. The Morgan fingerprint density at radius 1 is 1.03 bits per heavy atom. The first-order valence-electron chi connectivity index (χ1n) is 10.6. The summed E-state index contributed by atoms with van der Waals surface area (Å²) in [5.74, 6) is -0.648. The molecule has 0 fully saturated rings. The summed E-state index contributed by atoms with van der Waals surface area (Å²) < 4.78 is 38.0. The highest BCUT2D eigenvalue weighted by molar-refractivity contribution is 7.86. The van der Waals surface area contributed by atoms with E-state index in [0.29, 0.717) is 22.1 Å². The molecule has 0 radical (unpaired) electrons. The number of rotatable bonds is 6. The Morgan fingerprint density at radius 3 is 2.46 bits per heavy atom. The average molecular weight is 560 g/mol. The van der Waals surface area contributed by atoms with Gasteiger partial charge in [-0.2, -0.15) is 13.5 Å². The fraction of sp³-hybridized carbons (Fsp3) is 0.0800. The Labute approximate surface area is 222 Å². The SMILES string of the molecule is COc1ccc(Cl)c(NC(=O)c2cc3ccccc3c(N=Nc3cc(C)c(Cl)c(S(=O)(=O)O)c3)c2O)c1. The maximum absolute atomic E-state index is 13.1. The third-order valence-electron chi connectivity index (χ3n) is 5.41. The summed E-state index contributed by atoms with van der Waals surface area (Å²) in [6.07, 6.45) is 0. The van der Waals surface area contributed by atoms with E-state index in [1.807, 2.05) is 0 Å². The molecule has 9 nitrogen and oxygen atoms in total. The first-order valence-corrected chi connectivity index (χ1v) is 12.8. The number of fused-ring (bicyclic) bond motifs is 1. The van der Waals surface area contributed by atoms with E-state index in [1.54, 1.807) is 36.4 Å². The molecule has 0 spiro atoms. The highest BCUT2D eigenvalue weighted by Crippen LogP contribution is 2.40. The molecule has 0 heterocycles. The minimum Gasteiger partial charge on any atom is -0.505 e. The Hall–Kier alpha value is -3.70. The molecular weight excluding hydrogens is 541 g/mol. The van der Waals surface area contributed by atoms with Gasteiger partial charge in [0.15, 0.2) is 5.75 Å². The number of phenolic OH excluding ortho intramolecular Hbond substituents is 1. The van der Waals surface area contributed by atoms with E-state index in [-0.39, 0.29) is 32.7 Å². The zero-order valence-corrected chi connectivity index (χ0v) is 21.7. The van der Waals surface area contributed by atoms with Gasteiger partial charge in [0, 0.05) is 11.5 Å². The Morgan fingerprint density at radius 2 is 1.76 bits per heavy atom. The predicted octanol–water partition coefficient (Wildman–Crippen LogP) is 7.08. The standard InChI is InChI=1S/C25H19Cl2N3O6S/c1-13-9-15(11-21(22(13)27)37(33,34)35)29-30-23-17-6-4-3-5-14(17)10-18(24(23)31)25(32)28-20-12-16(36-2)7-8-19(20)26/h3-12,31H,1-2H3,(H,28,32)(H,33,34,35). The lowest BCUT2D eigenvalue weighted by molar-refractivity contribution is 0.102. The van der Waals surface area contributed by atoms with E-state index in [0.717, 1.165) is 6.07 Å². The van der Waals surface area contributed by atoms with E-state index in [9.17, 15) is 22.9 Å². The number of amides is 1. The number of benzene rings is 4. The second-order valence-electron chi connectivity index (χ2n) is 7.89. The van der Waals surface area contributed by atoms with Crippen LogP contribution in [-0.4, -0.2) is 31.1 Å². The number of methoxy groups -OCH3 is 1. The van der Waals surface area contributed by atoms with Crippen LogP contribution in [0.3, 0.4) is 0 Å². The number of aromatic hydroxyl groups is 1. The van der Waals surface area contributed by atoms with Gasteiger partial charge in [-0.3, -0.25) is 9.35 Å². The molecule has 4 aromatic carbocycles. The van der Waals surface area contributed by atoms with Crippen molar-refractivity contribution in [3.63, 3.8) is 0 Å². The number of phenols is 1. The first-order chi connectivity index (χ1) is 17.5. The molecular formula is C25H19Cl2N3O6S. The van der Waals surface area contributed by atoms with Gasteiger partial charge in [-0.25, -0.2) is 0 Å². The molecule has 4 rings (SSSR count). The lowest BCUT2D eigenvalue weighted by Crippen LogP contribution is -2.12. The molecule has 190 valence electrons. The second-order valence-corrected chi connectivity index (χ2v) is 10.1. The highest BCUT2D eigenvalue weighted by atomic mass is 35.5. The fourth-order valence-electron chi connectivity index (χ4n) is 3.58. The van der Waals surface area contributed by atoms with Crippen LogP contribution < -0.4 is 10.1 Å². The van der Waals surface area contributed by atoms with Gasteiger partial charge in [0.2, 0.25) is 0 Å². The Kier molecular flexibility index (Phi) is 7.37. The van der Waals surface area contributed by atoms with E-state index >= 15 is 0 Å². The summed E-state index contributed by atoms with van der Waals surface area (Å²) >= 11 is 12.2. The van der Waals surface area contributed by atoms with Gasteiger partial charge in [0.05, 0.1) is 34.1 Å². The summed E-state index contributed by atoms with van der Waals surface area (Å²) in [6, 6.07) is 15.6. The van der Waals surface area contributed by atoms with Crippen molar-refractivity contribution in [2.24, 2.45) is 10.2 Å². The quantitative estimate of drug-likeness (QED) is 0.170. The maximum Gasteiger partial charge on any atom is 0.296 e. The van der Waals surface area contributed by atoms with Crippen molar-refractivity contribution in [1.29, 1.82) is 0 Å². The number of carbonyl (C=O) groups is 1. The lowest BCUT2D eigenvalue weighted by Gasteiger charge is -2.12. The fourth-order valence-corrected chi connectivity index (χ4v) is 4.80. The zero-order valence-electron chi connectivity index (χ0n) is 19.4. The summed E-state index contributed by atoms with van der Waals surface area (Å²) in [4.78, 5) is 12.6. The van der Waals surface area contributed by atoms with E-state index in [4.69, 9.17) is 27.9 Å². The molecule has 0 atom stereocenters. The van der Waals surface area contributed by atoms with Crippen molar-refractivity contribution < 1.29 is 27.6 Å². The smallest absolute Gasteiger partial charge is 0.296 e. The summed E-state index contributed by atoms with van der Waals surface area (Å²) in [6.45, 7) is 1.54. The monoisotopic (exact) mass is 559 g/mol. The van der Waals surface area contributed by atoms with Crippen LogP contribution in [0, 0.1) is 6.92 Å². The van der Waals surface area contributed by atoms with Crippen LogP contribution in [0.15, 0.2) is 75.8 Å². The highest BCUT2D eigenvalue weighted by Gasteiger charge is 2.21. The van der Waals surface area contributed by atoms with Gasteiger partial charge in [0.25, 0.3) is 16.0 Å². The Balaban J connectivity index is 1.81. The van der Waals surface area contributed by atoms with Crippen molar-refractivity contribution >= 4 is 67.1 Å². The number of aryl methyl sites for hydroxylation is 1. The van der Waals surface area contributed by atoms with Crippen LogP contribution in [0.5, 0.6) is 11.5 Å². The van der Waals surface area contributed by atoms with Gasteiger partial charge in [-0.15, -0.1) is 5.11 Å². The van der Waals surface area contributed by atoms with Crippen LogP contribution in [0.25, 0.3) is 10.8 Å². The van der Waals surface area contributed by atoms with Crippen LogP contribution in [-0.2, 0) is 10.1 Å². The minimum atomic E-state index is -4.62. The molecule has 0 unspecified atom stereocenters. The number of nitrogens with zero attached hydrogens (tertiary/aromatic N) is 2. The number of ether oxygens (including phenoxy) is 1. The summed E-state index contributed by atoms with van der Waals surface area (Å²) in [5, 5.41) is 23.0. The van der Waals surface area contributed by atoms with Gasteiger partial charge >= 0.3 is 0 Å². The molecule has 3 N–H and O–H groups in total. The maximum atomic E-state index is 13.1. The molecule has 0 aromatic heterocycles. The van der Waals surface area contributed by atoms with E-state index < -0.39 is 26.7 Å². The Bertz CT molecular complexity index is 1690. The number of nitrogens with one attached hydrogen (secondary N) is 1. The van der Waals surface area contributed by atoms with Gasteiger partial charge in [-0.05, 0) is 48.2 Å². The van der Waals surface area contributed by atoms with E-state index in [2.05, 4.69) is 15.5 Å². The summed E-state index contributed by atoms with van der Waals surface area (Å²) in [7, 11) is -3.14. The lowest BCUT2D eigenvalue weighted by atomic mass is 10.0. The summed E-state index contributed by atoms with van der Waals surface area (Å²) in [5.41, 5.74) is 0.536. The molecule has 0 bridgehead atoms. The van der Waals surface area contributed by atoms with Crippen LogP contribution >= 0.6 is 23.2 Å². The molecule has 0 aliphatic carbocycles. The molecule has 4 aromatic rings. The third kappa shape index (κ3) is 5.52. The normalized spacial score (nSPS) is 11.7. The third-order valence-corrected chi connectivity index (χ3v) is 7.23. The number of anilines is 1. The van der Waals surface area contributed by atoms with Crippen LogP contribution in [0.4, 0.5) is 17.1 Å². The average Bonchev–Trinajstić information content (AvgIpc) is 2.85. The number of azo groups is 1. The van der Waals surface area contributed by atoms with Crippen molar-refractivity contribution in [1.82, 2.24) is 0 Å². The molecule has 0 aliphatic rings. The zero-order chi connectivity index (χ0) is 26.9. The van der Waals surface area contributed by atoms with Crippen LogP contribution in [0.1, 0.15) is 15.9 Å². The van der Waals surface area contributed by atoms with Crippen LogP contribution in [0.2, 0.25) is 10.0 Å². The molecule has 0 saturated carbocycles. The molecule has 0 saturated heterocycles. The number of halogens is 2. The topological polar surface area (TPSA) is 138 Å². The minimum absolute atomic E-state index is 0.0269. The molecule has 37 heavy (non-hydrogen) atoms. The molecule has 12 heteroatoms. The van der Waals surface area contributed by atoms with Gasteiger partial charge in [-0.1, -0.05) is 47.5 Å². The van der Waals surface area contributed by atoms with E-state index in [1.165, 1.54) is 32.2 Å². The van der Waals surface area contributed by atoms with Gasteiger partial charge in [0.1, 0.15) is 16.3 Å². The van der Waals surface area contributed by atoms with Crippen molar-refractivity contribution in [3.8, 4) is 11.5 Å². The predicted molar refractivity (Wildman–Crippen MR) is 142 cm³/mol. The molecule has 1 amide bonds. The number of hydrogen-bond donors (Lipinski definition) is 3. The van der Waals surface area contributed by atoms with Crippen molar-refractivity contribution in [2.45, 2.75) is 11.8 Å². The molecule has 0 aliphatic heterocycles. The number of hydrogen-bond acceptors (Lipinski definition) is 7.